The molecule has 1 saturated carbocycles. The summed E-state index contributed by atoms with van der Waals surface area (Å²) in [5.41, 5.74) is 7.21. The highest BCUT2D eigenvalue weighted by molar-refractivity contribution is 6.30. The summed E-state index contributed by atoms with van der Waals surface area (Å²) < 4.78 is 5.82. The average molecular weight is 496 g/mol. The number of halogens is 1. The van der Waals surface area contributed by atoms with E-state index in [0.717, 1.165) is 25.8 Å². The summed E-state index contributed by atoms with van der Waals surface area (Å²) in [6.07, 6.45) is 5.85. The summed E-state index contributed by atoms with van der Waals surface area (Å²) in [4.78, 5) is 44.4. The number of fused-ring (bicyclic) bond motifs is 1. The highest BCUT2D eigenvalue weighted by Crippen LogP contribution is 2.37. The summed E-state index contributed by atoms with van der Waals surface area (Å²) in [5, 5.41) is 6.50. The van der Waals surface area contributed by atoms with Crippen LogP contribution in [0.2, 0.25) is 5.02 Å². The molecule has 3 amide bonds. The molecule has 182 valence electrons. The van der Waals surface area contributed by atoms with Gasteiger partial charge in [0.25, 0.3) is 5.91 Å². The zero-order chi connectivity index (χ0) is 24.5. The van der Waals surface area contributed by atoms with Crippen molar-refractivity contribution in [1.29, 1.82) is 0 Å². The maximum absolute atomic E-state index is 13.3. The van der Waals surface area contributed by atoms with Gasteiger partial charge < -0.3 is 25.7 Å². The Balaban J connectivity index is 1.35. The van der Waals surface area contributed by atoms with Gasteiger partial charge in [0.15, 0.2) is 0 Å². The third kappa shape index (κ3) is 4.68. The number of hydrogen-bond acceptors (Lipinski definition) is 6. The van der Waals surface area contributed by atoms with Crippen LogP contribution in [0.3, 0.4) is 0 Å². The van der Waals surface area contributed by atoms with E-state index < -0.39 is 5.91 Å². The van der Waals surface area contributed by atoms with Crippen LogP contribution in [0.15, 0.2) is 40.9 Å². The van der Waals surface area contributed by atoms with E-state index in [4.69, 9.17) is 21.8 Å². The topological polar surface area (TPSA) is 131 Å². The van der Waals surface area contributed by atoms with E-state index in [1.54, 1.807) is 30.3 Å². The van der Waals surface area contributed by atoms with Gasteiger partial charge in [-0.3, -0.25) is 14.4 Å². The summed E-state index contributed by atoms with van der Waals surface area (Å²) >= 11 is 5.87. The number of nitrogens with two attached hydrogens (primary N) is 1. The van der Waals surface area contributed by atoms with Gasteiger partial charge in [0.05, 0.1) is 10.4 Å². The normalized spacial score (nSPS) is 20.3. The fourth-order valence-electron chi connectivity index (χ4n) is 5.01. The SMILES string of the molecule is Nc1cccc2oc(C(=O)Nc3ccc(Cl)cn3)c(NC(=O)[C@H]3CC[C@H](N4CCCC4=O)CC3)c12. The minimum atomic E-state index is -0.568. The number of nitrogens with zero attached hydrogens (tertiary/aromatic N) is 2. The highest BCUT2D eigenvalue weighted by Gasteiger charge is 2.34. The molecule has 2 aliphatic rings. The number of amides is 3. The first kappa shape index (κ1) is 23.2. The van der Waals surface area contributed by atoms with Gasteiger partial charge in [0.2, 0.25) is 17.6 Å². The monoisotopic (exact) mass is 495 g/mol. The molecule has 1 saturated heterocycles. The molecule has 1 aliphatic carbocycles. The van der Waals surface area contributed by atoms with Crippen molar-refractivity contribution >= 4 is 57.5 Å². The van der Waals surface area contributed by atoms with Gasteiger partial charge in [-0.15, -0.1) is 0 Å². The molecule has 4 N–H and O–H groups in total. The number of carbonyl (C=O) groups excluding carboxylic acids is 3. The van der Waals surface area contributed by atoms with Crippen LogP contribution in [0.5, 0.6) is 0 Å². The first-order valence-corrected chi connectivity index (χ1v) is 12.1. The van der Waals surface area contributed by atoms with Crippen LogP contribution in [-0.4, -0.2) is 40.2 Å². The van der Waals surface area contributed by atoms with Gasteiger partial charge in [0, 0.05) is 36.8 Å². The molecule has 0 spiro atoms. The first-order valence-electron chi connectivity index (χ1n) is 11.7. The largest absolute Gasteiger partial charge is 0.449 e. The second kappa shape index (κ2) is 9.58. The Morgan fingerprint density at radius 3 is 2.60 bits per heavy atom. The molecule has 2 fully saturated rings. The molecule has 0 bridgehead atoms. The van der Waals surface area contributed by atoms with Gasteiger partial charge in [0.1, 0.15) is 17.1 Å². The molecule has 1 aromatic carbocycles. The molecule has 2 aromatic heterocycles. The van der Waals surface area contributed by atoms with Crippen LogP contribution < -0.4 is 16.4 Å². The second-order valence-corrected chi connectivity index (χ2v) is 9.46. The fourth-order valence-corrected chi connectivity index (χ4v) is 5.12. The molecule has 10 heteroatoms. The molecule has 0 unspecified atom stereocenters. The lowest BCUT2D eigenvalue weighted by Crippen LogP contribution is -2.40. The van der Waals surface area contributed by atoms with E-state index in [2.05, 4.69) is 15.6 Å². The maximum atomic E-state index is 13.3. The number of rotatable bonds is 5. The number of anilines is 3. The number of aromatic nitrogens is 1. The molecule has 0 atom stereocenters. The number of nitrogens with one attached hydrogen (secondary N) is 2. The Morgan fingerprint density at radius 2 is 1.91 bits per heavy atom. The van der Waals surface area contributed by atoms with E-state index in [0.29, 0.717) is 46.8 Å². The lowest BCUT2D eigenvalue weighted by atomic mass is 9.84. The minimum Gasteiger partial charge on any atom is -0.449 e. The molecule has 9 nitrogen and oxygen atoms in total. The van der Waals surface area contributed by atoms with Crippen molar-refractivity contribution in [3.05, 3.63) is 47.3 Å². The van der Waals surface area contributed by atoms with Gasteiger partial charge >= 0.3 is 0 Å². The molecule has 1 aliphatic heterocycles. The first-order chi connectivity index (χ1) is 16.9. The molecule has 5 rings (SSSR count). The zero-order valence-corrected chi connectivity index (χ0v) is 19.8. The van der Waals surface area contributed by atoms with Crippen molar-refractivity contribution in [2.75, 3.05) is 22.9 Å². The quantitative estimate of drug-likeness (QED) is 0.448. The van der Waals surface area contributed by atoms with Gasteiger partial charge in [-0.2, -0.15) is 0 Å². The summed E-state index contributed by atoms with van der Waals surface area (Å²) in [7, 11) is 0. The molecular weight excluding hydrogens is 470 g/mol. The van der Waals surface area contributed by atoms with Gasteiger partial charge in [-0.1, -0.05) is 17.7 Å². The Morgan fingerprint density at radius 1 is 1.11 bits per heavy atom. The van der Waals surface area contributed by atoms with Crippen LogP contribution >= 0.6 is 11.6 Å². The molecular formula is C25H26ClN5O4. The van der Waals surface area contributed by atoms with Crippen molar-refractivity contribution in [3.8, 4) is 0 Å². The van der Waals surface area contributed by atoms with E-state index in [9.17, 15) is 14.4 Å². The number of nitrogen functional groups attached to an aromatic ring is 1. The van der Waals surface area contributed by atoms with E-state index >= 15 is 0 Å². The van der Waals surface area contributed by atoms with Crippen LogP contribution in [0.4, 0.5) is 17.2 Å². The number of benzene rings is 1. The number of carbonyl (C=O) groups is 3. The smallest absolute Gasteiger partial charge is 0.294 e. The number of pyridine rings is 1. The summed E-state index contributed by atoms with van der Waals surface area (Å²) in [5.74, 6) is -0.543. The van der Waals surface area contributed by atoms with Crippen LogP contribution in [0, 0.1) is 5.92 Å². The lowest BCUT2D eigenvalue weighted by Gasteiger charge is -2.34. The average Bonchev–Trinajstić information content (AvgIpc) is 3.45. The van der Waals surface area contributed by atoms with Crippen LogP contribution in [0.1, 0.15) is 49.1 Å². The molecule has 0 radical (unpaired) electrons. The van der Waals surface area contributed by atoms with E-state index in [1.807, 2.05) is 4.90 Å². The summed E-state index contributed by atoms with van der Waals surface area (Å²) in [6.45, 7) is 0.807. The molecule has 3 heterocycles. The zero-order valence-electron chi connectivity index (χ0n) is 19.1. The molecule has 3 aromatic rings. The molecule has 35 heavy (non-hydrogen) atoms. The third-order valence-electron chi connectivity index (χ3n) is 6.79. The van der Waals surface area contributed by atoms with Crippen molar-refractivity contribution in [2.24, 2.45) is 5.92 Å². The predicted molar refractivity (Wildman–Crippen MR) is 133 cm³/mol. The second-order valence-electron chi connectivity index (χ2n) is 9.03. The van der Waals surface area contributed by atoms with Crippen molar-refractivity contribution in [3.63, 3.8) is 0 Å². The number of likely N-dealkylation sites (tertiary alicyclic amines) is 1. The van der Waals surface area contributed by atoms with E-state index in [1.165, 1.54) is 6.20 Å². The van der Waals surface area contributed by atoms with E-state index in [-0.39, 0.29) is 35.2 Å². The maximum Gasteiger partial charge on any atom is 0.294 e. The van der Waals surface area contributed by atoms with Crippen molar-refractivity contribution in [2.45, 2.75) is 44.6 Å². The Kier molecular flexibility index (Phi) is 6.34. The Bertz CT molecular complexity index is 1280. The minimum absolute atomic E-state index is 0.0562. The Hall–Kier alpha value is -3.59. The van der Waals surface area contributed by atoms with Gasteiger partial charge in [-0.05, 0) is 56.4 Å². The number of hydrogen-bond donors (Lipinski definition) is 3. The van der Waals surface area contributed by atoms with Gasteiger partial charge in [-0.25, -0.2) is 4.98 Å². The van der Waals surface area contributed by atoms with Crippen molar-refractivity contribution in [1.82, 2.24) is 9.88 Å². The summed E-state index contributed by atoms with van der Waals surface area (Å²) in [6, 6.07) is 8.48. The number of furan rings is 1. The third-order valence-corrected chi connectivity index (χ3v) is 7.01. The fraction of sp³-hybridized carbons (Fsp3) is 0.360. The predicted octanol–water partition coefficient (Wildman–Crippen LogP) is 4.44. The van der Waals surface area contributed by atoms with Crippen molar-refractivity contribution < 1.29 is 18.8 Å². The van der Waals surface area contributed by atoms with Crippen LogP contribution in [0.25, 0.3) is 11.0 Å². The van der Waals surface area contributed by atoms with Crippen LogP contribution in [-0.2, 0) is 9.59 Å². The lowest BCUT2D eigenvalue weighted by molar-refractivity contribution is -0.130. The standard InChI is InChI=1S/C25H26ClN5O4/c26-15-8-11-19(28-13-15)29-25(34)23-22(21-17(27)3-1-4-18(21)35-23)30-24(33)14-6-9-16(10-7-14)31-12-2-5-20(31)32/h1,3-4,8,11,13-14,16H,2,5-7,9-10,12,27H2,(H,30,33)(H,28,29,34)/t14-,16-. The highest BCUT2D eigenvalue weighted by atomic mass is 35.5. The Labute approximate surface area is 207 Å².